The Bertz CT molecular complexity index is 643. The van der Waals surface area contributed by atoms with Gasteiger partial charge in [0.1, 0.15) is 0 Å². The molecule has 0 bridgehead atoms. The zero-order chi connectivity index (χ0) is 15.8. The van der Waals surface area contributed by atoms with Crippen LogP contribution in [-0.2, 0) is 4.79 Å². The van der Waals surface area contributed by atoms with E-state index in [4.69, 9.17) is 0 Å². The standard InChI is InChI=1S/C14H14N4O3S/c19-12(9-15-13(20)11-7-4-8-22-11)17-18-14(21)16-10-5-2-1-3-6-10/h1-8H,9H2,(H,15,20)(H,17,19)(H2,16,18,21). The van der Waals surface area contributed by atoms with Crippen molar-refractivity contribution in [2.45, 2.75) is 0 Å². The van der Waals surface area contributed by atoms with Crippen LogP contribution in [0.1, 0.15) is 9.67 Å². The second kappa shape index (κ2) is 7.79. The lowest BCUT2D eigenvalue weighted by molar-refractivity contribution is -0.120. The van der Waals surface area contributed by atoms with Crippen molar-refractivity contribution in [3.8, 4) is 0 Å². The van der Waals surface area contributed by atoms with Crippen LogP contribution in [0.3, 0.4) is 0 Å². The summed E-state index contributed by atoms with van der Waals surface area (Å²) in [5.41, 5.74) is 4.98. The quantitative estimate of drug-likeness (QED) is 0.640. The van der Waals surface area contributed by atoms with E-state index in [1.807, 2.05) is 6.07 Å². The monoisotopic (exact) mass is 318 g/mol. The lowest BCUT2D eigenvalue weighted by Gasteiger charge is -2.09. The summed E-state index contributed by atoms with van der Waals surface area (Å²) in [6.45, 7) is -0.234. The van der Waals surface area contributed by atoms with Gasteiger partial charge < -0.3 is 10.6 Å². The minimum Gasteiger partial charge on any atom is -0.342 e. The maximum atomic E-state index is 11.6. The van der Waals surface area contributed by atoms with E-state index in [2.05, 4.69) is 21.5 Å². The van der Waals surface area contributed by atoms with Gasteiger partial charge in [-0.05, 0) is 23.6 Å². The van der Waals surface area contributed by atoms with Gasteiger partial charge in [-0.25, -0.2) is 10.2 Å². The largest absolute Gasteiger partial charge is 0.342 e. The van der Waals surface area contributed by atoms with Gasteiger partial charge in [-0.1, -0.05) is 24.3 Å². The number of carbonyl (C=O) groups excluding carboxylic acids is 3. The fraction of sp³-hybridized carbons (Fsp3) is 0.0714. The Kier molecular flexibility index (Phi) is 5.50. The number of benzene rings is 1. The maximum absolute atomic E-state index is 11.6. The highest BCUT2D eigenvalue weighted by molar-refractivity contribution is 7.12. The summed E-state index contributed by atoms with van der Waals surface area (Å²) in [5.74, 6) is -0.869. The second-order valence-electron chi connectivity index (χ2n) is 4.15. The van der Waals surface area contributed by atoms with Gasteiger partial charge in [0.05, 0.1) is 11.4 Å². The van der Waals surface area contributed by atoms with Gasteiger partial charge in [0.15, 0.2) is 0 Å². The first-order valence-corrected chi connectivity index (χ1v) is 7.25. The number of hydrogen-bond donors (Lipinski definition) is 4. The van der Waals surface area contributed by atoms with Crippen LogP contribution in [0.15, 0.2) is 47.8 Å². The first-order chi connectivity index (χ1) is 10.6. The first-order valence-electron chi connectivity index (χ1n) is 6.38. The maximum Gasteiger partial charge on any atom is 0.337 e. The van der Waals surface area contributed by atoms with Gasteiger partial charge in [-0.2, -0.15) is 0 Å². The summed E-state index contributed by atoms with van der Waals surface area (Å²) in [6, 6.07) is 11.6. The average Bonchev–Trinajstić information content (AvgIpc) is 3.06. The number of rotatable bonds is 4. The molecule has 7 nitrogen and oxygen atoms in total. The molecule has 1 aromatic carbocycles. The van der Waals surface area contributed by atoms with Crippen LogP contribution >= 0.6 is 11.3 Å². The highest BCUT2D eigenvalue weighted by Gasteiger charge is 2.09. The van der Waals surface area contributed by atoms with Gasteiger partial charge in [0.25, 0.3) is 11.8 Å². The molecule has 0 unspecified atom stereocenters. The summed E-state index contributed by atoms with van der Waals surface area (Å²) in [7, 11) is 0. The molecule has 0 aliphatic rings. The molecule has 8 heteroatoms. The van der Waals surface area contributed by atoms with E-state index in [1.54, 1.807) is 41.8 Å². The van der Waals surface area contributed by atoms with Gasteiger partial charge in [-0.3, -0.25) is 15.0 Å². The predicted molar refractivity (Wildman–Crippen MR) is 83.4 cm³/mol. The van der Waals surface area contributed by atoms with Crippen molar-refractivity contribution in [2.75, 3.05) is 11.9 Å². The molecule has 1 aromatic heterocycles. The number of carbonyl (C=O) groups is 3. The number of nitrogens with one attached hydrogen (secondary N) is 4. The van der Waals surface area contributed by atoms with Crippen LogP contribution in [-0.4, -0.2) is 24.4 Å². The molecular weight excluding hydrogens is 304 g/mol. The van der Waals surface area contributed by atoms with Crippen molar-refractivity contribution in [2.24, 2.45) is 0 Å². The van der Waals surface area contributed by atoms with Crippen molar-refractivity contribution in [3.05, 3.63) is 52.7 Å². The fourth-order valence-corrected chi connectivity index (χ4v) is 2.15. The Balaban J connectivity index is 1.67. The van der Waals surface area contributed by atoms with Crippen LogP contribution in [0.2, 0.25) is 0 Å². The van der Waals surface area contributed by atoms with E-state index in [0.717, 1.165) is 0 Å². The summed E-state index contributed by atoms with van der Waals surface area (Å²) >= 11 is 1.28. The van der Waals surface area contributed by atoms with Gasteiger partial charge in [0.2, 0.25) is 0 Å². The number of para-hydroxylation sites is 1. The number of anilines is 1. The van der Waals surface area contributed by atoms with Crippen LogP contribution in [0.25, 0.3) is 0 Å². The molecule has 0 saturated carbocycles. The SMILES string of the molecule is O=C(CNC(=O)c1cccs1)NNC(=O)Nc1ccccc1. The van der Waals surface area contributed by atoms with E-state index >= 15 is 0 Å². The number of hydrogen-bond acceptors (Lipinski definition) is 4. The van der Waals surface area contributed by atoms with Crippen LogP contribution in [0.4, 0.5) is 10.5 Å². The van der Waals surface area contributed by atoms with Crippen molar-refractivity contribution >= 4 is 34.9 Å². The normalized spacial score (nSPS) is 9.64. The molecule has 4 N–H and O–H groups in total. The van der Waals surface area contributed by atoms with E-state index in [0.29, 0.717) is 10.6 Å². The molecule has 0 radical (unpaired) electrons. The third-order valence-corrected chi connectivity index (χ3v) is 3.37. The van der Waals surface area contributed by atoms with Crippen molar-refractivity contribution in [1.29, 1.82) is 0 Å². The fourth-order valence-electron chi connectivity index (χ4n) is 1.51. The van der Waals surface area contributed by atoms with Crippen LogP contribution in [0.5, 0.6) is 0 Å². The van der Waals surface area contributed by atoms with E-state index in [1.165, 1.54) is 11.3 Å². The zero-order valence-electron chi connectivity index (χ0n) is 11.5. The molecule has 2 aromatic rings. The molecule has 2 rings (SSSR count). The summed E-state index contributed by atoms with van der Waals surface area (Å²) < 4.78 is 0. The molecule has 0 fully saturated rings. The van der Waals surface area contributed by atoms with E-state index in [-0.39, 0.29) is 12.5 Å². The van der Waals surface area contributed by atoms with E-state index in [9.17, 15) is 14.4 Å². The Labute approximate surface area is 130 Å². The summed E-state index contributed by atoms with van der Waals surface area (Å²) in [5, 5.41) is 6.75. The van der Waals surface area contributed by atoms with Crippen molar-refractivity contribution < 1.29 is 14.4 Å². The van der Waals surface area contributed by atoms with Gasteiger partial charge >= 0.3 is 6.03 Å². The Hall–Kier alpha value is -2.87. The number of urea groups is 1. The third kappa shape index (κ3) is 4.91. The molecule has 4 amide bonds. The van der Waals surface area contributed by atoms with Crippen LogP contribution in [0, 0.1) is 0 Å². The number of amides is 4. The lowest BCUT2D eigenvalue weighted by Crippen LogP contribution is -2.47. The molecule has 0 spiro atoms. The highest BCUT2D eigenvalue weighted by atomic mass is 32.1. The Morgan fingerprint density at radius 3 is 2.41 bits per heavy atom. The highest BCUT2D eigenvalue weighted by Crippen LogP contribution is 2.07. The van der Waals surface area contributed by atoms with E-state index < -0.39 is 11.9 Å². The third-order valence-electron chi connectivity index (χ3n) is 2.50. The molecule has 0 aliphatic heterocycles. The Morgan fingerprint density at radius 1 is 0.955 bits per heavy atom. The molecular formula is C14H14N4O3S. The molecule has 114 valence electrons. The molecule has 0 saturated heterocycles. The number of hydrazine groups is 1. The second-order valence-corrected chi connectivity index (χ2v) is 5.10. The zero-order valence-corrected chi connectivity index (χ0v) is 12.3. The molecule has 0 atom stereocenters. The minimum absolute atomic E-state index is 0.234. The summed E-state index contributed by atoms with van der Waals surface area (Å²) in [4.78, 5) is 35.2. The summed E-state index contributed by atoms with van der Waals surface area (Å²) in [6.07, 6.45) is 0. The predicted octanol–water partition coefficient (Wildman–Crippen LogP) is 1.33. The van der Waals surface area contributed by atoms with Gasteiger partial charge in [0, 0.05) is 5.69 Å². The Morgan fingerprint density at radius 2 is 1.73 bits per heavy atom. The lowest BCUT2D eigenvalue weighted by atomic mass is 10.3. The van der Waals surface area contributed by atoms with Crippen LogP contribution < -0.4 is 21.5 Å². The molecule has 22 heavy (non-hydrogen) atoms. The first kappa shape index (κ1) is 15.5. The molecule has 1 heterocycles. The number of thiophene rings is 1. The smallest absolute Gasteiger partial charge is 0.337 e. The van der Waals surface area contributed by atoms with Crippen molar-refractivity contribution in [3.63, 3.8) is 0 Å². The minimum atomic E-state index is -0.580. The molecule has 0 aliphatic carbocycles. The van der Waals surface area contributed by atoms with Gasteiger partial charge in [-0.15, -0.1) is 11.3 Å². The average molecular weight is 318 g/mol. The van der Waals surface area contributed by atoms with Crippen molar-refractivity contribution in [1.82, 2.24) is 16.2 Å². The topological polar surface area (TPSA) is 99.3 Å².